The third kappa shape index (κ3) is 3.27. The molecular formula is C24H24FN3O2. The first-order valence-corrected chi connectivity index (χ1v) is 10.2. The Bertz CT molecular complexity index is 1060. The lowest BCUT2D eigenvalue weighted by atomic mass is 10.0. The Morgan fingerprint density at radius 2 is 1.73 bits per heavy atom. The Morgan fingerprint density at radius 3 is 2.50 bits per heavy atom. The molecule has 0 bridgehead atoms. The van der Waals surface area contributed by atoms with Gasteiger partial charge in [0.15, 0.2) is 0 Å². The number of carbonyl (C=O) groups excluding carboxylic acids is 1. The SMILES string of the molecule is COc1ccc(CN2C(=O)c3cccn3[C@@H]3CN(Cc4ccccc4F)C[C@@H]32)cc1. The van der Waals surface area contributed by atoms with Crippen molar-refractivity contribution in [2.24, 2.45) is 0 Å². The molecule has 5 rings (SSSR count). The highest BCUT2D eigenvalue weighted by Crippen LogP contribution is 2.35. The number of methoxy groups -OCH3 is 1. The fraction of sp³-hybridized carbons (Fsp3) is 0.292. The van der Waals surface area contributed by atoms with Crippen LogP contribution in [0.25, 0.3) is 0 Å². The standard InChI is InChI=1S/C24H24FN3O2/c1-30-19-10-8-17(9-11-19)13-28-23-16-26(14-18-5-2-3-6-20(18)25)15-22(23)27-12-4-7-21(27)24(28)29/h2-12,22-23H,13-16H2,1H3/t22-,23+/m1/s1. The molecule has 1 aromatic heterocycles. The molecule has 1 fully saturated rings. The molecule has 1 saturated heterocycles. The minimum atomic E-state index is -0.180. The van der Waals surface area contributed by atoms with Gasteiger partial charge in [0.25, 0.3) is 5.91 Å². The number of nitrogens with zero attached hydrogens (tertiary/aromatic N) is 3. The Balaban J connectivity index is 1.42. The van der Waals surface area contributed by atoms with Gasteiger partial charge in [-0.05, 0) is 35.9 Å². The van der Waals surface area contributed by atoms with E-state index in [9.17, 15) is 9.18 Å². The molecule has 1 amide bonds. The normalized spacial score (nSPS) is 20.9. The predicted octanol–water partition coefficient (Wildman–Crippen LogP) is 3.72. The first kappa shape index (κ1) is 18.9. The van der Waals surface area contributed by atoms with E-state index < -0.39 is 0 Å². The van der Waals surface area contributed by atoms with Gasteiger partial charge in [-0.2, -0.15) is 0 Å². The molecule has 3 aromatic rings. The van der Waals surface area contributed by atoms with E-state index in [1.807, 2.05) is 59.6 Å². The number of fused-ring (bicyclic) bond motifs is 3. The molecule has 6 heteroatoms. The number of hydrogen-bond donors (Lipinski definition) is 0. The quantitative estimate of drug-likeness (QED) is 0.649. The van der Waals surface area contributed by atoms with Gasteiger partial charge in [0.2, 0.25) is 0 Å². The largest absolute Gasteiger partial charge is 0.497 e. The lowest BCUT2D eigenvalue weighted by Gasteiger charge is -2.38. The van der Waals surface area contributed by atoms with E-state index in [0.29, 0.717) is 18.7 Å². The van der Waals surface area contributed by atoms with E-state index in [0.717, 1.165) is 30.1 Å². The Hall–Kier alpha value is -3.12. The van der Waals surface area contributed by atoms with Gasteiger partial charge in [0.1, 0.15) is 17.3 Å². The van der Waals surface area contributed by atoms with Crippen LogP contribution in [0.1, 0.15) is 27.7 Å². The molecule has 0 aliphatic carbocycles. The summed E-state index contributed by atoms with van der Waals surface area (Å²) in [5, 5.41) is 0. The summed E-state index contributed by atoms with van der Waals surface area (Å²) in [6.45, 7) is 2.59. The summed E-state index contributed by atoms with van der Waals surface area (Å²) in [5.41, 5.74) is 2.48. The van der Waals surface area contributed by atoms with Gasteiger partial charge >= 0.3 is 0 Å². The summed E-state index contributed by atoms with van der Waals surface area (Å²) in [6.07, 6.45) is 1.99. The number of likely N-dealkylation sites (tertiary alicyclic amines) is 1. The number of hydrogen-bond acceptors (Lipinski definition) is 3. The number of ether oxygens (including phenoxy) is 1. The van der Waals surface area contributed by atoms with Crippen molar-refractivity contribution in [3.63, 3.8) is 0 Å². The number of rotatable bonds is 5. The zero-order valence-electron chi connectivity index (χ0n) is 16.9. The van der Waals surface area contributed by atoms with Crippen molar-refractivity contribution < 1.29 is 13.9 Å². The molecule has 2 aromatic carbocycles. The topological polar surface area (TPSA) is 37.7 Å². The first-order chi connectivity index (χ1) is 14.6. The van der Waals surface area contributed by atoms with Gasteiger partial charge in [-0.15, -0.1) is 0 Å². The van der Waals surface area contributed by atoms with Gasteiger partial charge in [0.05, 0.1) is 19.2 Å². The lowest BCUT2D eigenvalue weighted by Crippen LogP contribution is -2.49. The molecule has 30 heavy (non-hydrogen) atoms. The molecule has 2 atom stereocenters. The molecule has 3 heterocycles. The van der Waals surface area contributed by atoms with Crippen LogP contribution in [0.4, 0.5) is 4.39 Å². The fourth-order valence-corrected chi connectivity index (χ4v) is 4.70. The van der Waals surface area contributed by atoms with Crippen molar-refractivity contribution >= 4 is 5.91 Å². The number of halogens is 1. The first-order valence-electron chi connectivity index (χ1n) is 10.2. The van der Waals surface area contributed by atoms with E-state index in [2.05, 4.69) is 9.47 Å². The van der Waals surface area contributed by atoms with Crippen LogP contribution in [-0.2, 0) is 13.1 Å². The molecule has 0 spiro atoms. The monoisotopic (exact) mass is 405 g/mol. The van der Waals surface area contributed by atoms with Crippen molar-refractivity contribution in [2.45, 2.75) is 25.2 Å². The van der Waals surface area contributed by atoms with Crippen molar-refractivity contribution in [2.75, 3.05) is 20.2 Å². The third-order valence-electron chi connectivity index (χ3n) is 6.21. The highest BCUT2D eigenvalue weighted by atomic mass is 19.1. The van der Waals surface area contributed by atoms with Crippen LogP contribution >= 0.6 is 0 Å². The van der Waals surface area contributed by atoms with Gasteiger partial charge < -0.3 is 14.2 Å². The molecule has 0 radical (unpaired) electrons. The number of amides is 1. The highest BCUT2D eigenvalue weighted by molar-refractivity contribution is 5.94. The summed E-state index contributed by atoms with van der Waals surface area (Å²) >= 11 is 0. The highest BCUT2D eigenvalue weighted by Gasteiger charge is 2.44. The van der Waals surface area contributed by atoms with E-state index in [1.165, 1.54) is 6.07 Å². The van der Waals surface area contributed by atoms with E-state index in [1.54, 1.807) is 13.2 Å². The molecule has 0 N–H and O–H groups in total. The van der Waals surface area contributed by atoms with E-state index >= 15 is 0 Å². The number of benzene rings is 2. The smallest absolute Gasteiger partial charge is 0.271 e. The van der Waals surface area contributed by atoms with Gasteiger partial charge in [0, 0.05) is 37.9 Å². The van der Waals surface area contributed by atoms with Gasteiger partial charge in [-0.3, -0.25) is 9.69 Å². The second kappa shape index (κ2) is 7.61. The van der Waals surface area contributed by atoms with Gasteiger partial charge in [-0.25, -0.2) is 4.39 Å². The summed E-state index contributed by atoms with van der Waals surface area (Å²) in [5.74, 6) is 0.664. The van der Waals surface area contributed by atoms with Crippen LogP contribution in [0.2, 0.25) is 0 Å². The molecule has 2 aliphatic rings. The molecule has 0 saturated carbocycles. The van der Waals surface area contributed by atoms with Crippen molar-refractivity contribution in [1.82, 2.24) is 14.4 Å². The van der Waals surface area contributed by atoms with Crippen LogP contribution in [0, 0.1) is 5.82 Å². The van der Waals surface area contributed by atoms with Gasteiger partial charge in [-0.1, -0.05) is 30.3 Å². The van der Waals surface area contributed by atoms with Crippen molar-refractivity contribution in [3.05, 3.63) is 89.5 Å². The van der Waals surface area contributed by atoms with E-state index in [4.69, 9.17) is 4.74 Å². The maximum absolute atomic E-state index is 14.2. The van der Waals surface area contributed by atoms with Crippen molar-refractivity contribution in [1.29, 1.82) is 0 Å². The Labute approximate surface area is 175 Å². The van der Waals surface area contributed by atoms with Crippen LogP contribution in [0.3, 0.4) is 0 Å². The molecule has 0 unspecified atom stereocenters. The second-order valence-electron chi connectivity index (χ2n) is 8.00. The van der Waals surface area contributed by atoms with Crippen LogP contribution < -0.4 is 4.74 Å². The Morgan fingerprint density at radius 1 is 0.967 bits per heavy atom. The minimum Gasteiger partial charge on any atom is -0.497 e. The number of carbonyl (C=O) groups is 1. The molecule has 5 nitrogen and oxygen atoms in total. The van der Waals surface area contributed by atoms with Crippen molar-refractivity contribution in [3.8, 4) is 5.75 Å². The maximum Gasteiger partial charge on any atom is 0.271 e. The van der Waals surface area contributed by atoms with Crippen LogP contribution in [-0.4, -0.2) is 46.5 Å². The molecule has 154 valence electrons. The zero-order chi connectivity index (χ0) is 20.7. The van der Waals surface area contributed by atoms with Crippen LogP contribution in [0.15, 0.2) is 66.9 Å². The average molecular weight is 405 g/mol. The average Bonchev–Trinajstić information content (AvgIpc) is 3.40. The molecular weight excluding hydrogens is 381 g/mol. The van der Waals surface area contributed by atoms with Crippen LogP contribution in [0.5, 0.6) is 5.75 Å². The summed E-state index contributed by atoms with van der Waals surface area (Å²) in [6, 6.07) is 18.8. The fourth-order valence-electron chi connectivity index (χ4n) is 4.70. The van der Waals surface area contributed by atoms with E-state index in [-0.39, 0.29) is 23.8 Å². The Kier molecular flexibility index (Phi) is 4.79. The summed E-state index contributed by atoms with van der Waals surface area (Å²) in [7, 11) is 1.64. The lowest BCUT2D eigenvalue weighted by molar-refractivity contribution is 0.0556. The summed E-state index contributed by atoms with van der Waals surface area (Å²) in [4.78, 5) is 17.5. The molecule has 2 aliphatic heterocycles. The third-order valence-corrected chi connectivity index (χ3v) is 6.21. The second-order valence-corrected chi connectivity index (χ2v) is 8.00. The maximum atomic E-state index is 14.2. The zero-order valence-corrected chi connectivity index (χ0v) is 16.9. The predicted molar refractivity (Wildman–Crippen MR) is 112 cm³/mol. The number of aromatic nitrogens is 1. The summed E-state index contributed by atoms with van der Waals surface area (Å²) < 4.78 is 21.5. The minimum absolute atomic E-state index is 0.0461.